The molecule has 0 fully saturated rings. The Hall–Kier alpha value is -3.26. The van der Waals surface area contributed by atoms with Crippen LogP contribution in [0.5, 0.6) is 0 Å². The second-order valence-electron chi connectivity index (χ2n) is 8.78. The highest BCUT2D eigenvalue weighted by Gasteiger charge is 2.49. The van der Waals surface area contributed by atoms with Crippen LogP contribution >= 0.6 is 11.3 Å². The van der Waals surface area contributed by atoms with E-state index in [1.54, 1.807) is 26.0 Å². The number of esters is 2. The van der Waals surface area contributed by atoms with Crippen LogP contribution in [0.1, 0.15) is 62.3 Å². The number of hydrogen-bond acceptors (Lipinski definition) is 7. The maximum atomic E-state index is 14.2. The predicted octanol–water partition coefficient (Wildman–Crippen LogP) is 5.38. The van der Waals surface area contributed by atoms with Crippen molar-refractivity contribution in [3.63, 3.8) is 0 Å². The molecule has 6 nitrogen and oxygen atoms in total. The van der Waals surface area contributed by atoms with Gasteiger partial charge in [0.05, 0.1) is 18.8 Å². The summed E-state index contributed by atoms with van der Waals surface area (Å²) in [6.07, 6.45) is 1.74. The quantitative estimate of drug-likeness (QED) is 0.379. The summed E-state index contributed by atoms with van der Waals surface area (Å²) >= 11 is 1.49. The van der Waals surface area contributed by atoms with E-state index in [0.29, 0.717) is 40.9 Å². The van der Waals surface area contributed by atoms with Crippen molar-refractivity contribution in [2.45, 2.75) is 51.9 Å². The maximum absolute atomic E-state index is 14.2. The first-order chi connectivity index (χ1) is 17.4. The molecule has 0 bridgehead atoms. The molecule has 3 atom stereocenters. The third-order valence-corrected chi connectivity index (χ3v) is 7.56. The van der Waals surface area contributed by atoms with E-state index in [2.05, 4.69) is 5.32 Å². The van der Waals surface area contributed by atoms with Crippen LogP contribution in [-0.4, -0.2) is 30.9 Å². The molecule has 0 spiro atoms. The Kier molecular flexibility index (Phi) is 8.04. The first-order valence-corrected chi connectivity index (χ1v) is 13.2. The number of nitrogens with one attached hydrogen (secondary N) is 1. The Labute approximate surface area is 214 Å². The summed E-state index contributed by atoms with van der Waals surface area (Å²) in [5.74, 6) is -4.12. The normalized spacial score (nSPS) is 21.7. The van der Waals surface area contributed by atoms with Crippen LogP contribution < -0.4 is 5.32 Å². The zero-order valence-corrected chi connectivity index (χ0v) is 21.5. The fourth-order valence-corrected chi connectivity index (χ4v) is 5.97. The molecule has 8 heteroatoms. The number of ketones is 1. The molecule has 0 saturated heterocycles. The Bertz CT molecular complexity index is 1200. The van der Waals surface area contributed by atoms with Crippen LogP contribution in [0, 0.1) is 11.7 Å². The Morgan fingerprint density at radius 2 is 1.81 bits per heavy atom. The average molecular weight is 512 g/mol. The fourth-order valence-electron chi connectivity index (χ4n) is 5.11. The van der Waals surface area contributed by atoms with Gasteiger partial charge in [0.2, 0.25) is 0 Å². The molecule has 2 aromatic rings. The van der Waals surface area contributed by atoms with E-state index in [1.165, 1.54) is 23.5 Å². The van der Waals surface area contributed by atoms with Gasteiger partial charge in [-0.15, -0.1) is 11.3 Å². The third kappa shape index (κ3) is 4.87. The summed E-state index contributed by atoms with van der Waals surface area (Å²) in [7, 11) is 0. The number of hydrogen-bond donors (Lipinski definition) is 1. The molecule has 1 aliphatic carbocycles. The van der Waals surface area contributed by atoms with Gasteiger partial charge in [0.25, 0.3) is 0 Å². The molecular formula is C28H30FNO5S. The van der Waals surface area contributed by atoms with Gasteiger partial charge in [-0.05, 0) is 55.8 Å². The molecular weight excluding hydrogens is 481 g/mol. The summed E-state index contributed by atoms with van der Waals surface area (Å²) in [6, 6.07) is 9.60. The number of rotatable bonds is 8. The molecule has 1 aromatic carbocycles. The molecule has 1 N–H and O–H groups in total. The van der Waals surface area contributed by atoms with E-state index in [0.717, 1.165) is 11.3 Å². The third-order valence-electron chi connectivity index (χ3n) is 6.55. The zero-order chi connectivity index (χ0) is 25.8. The van der Waals surface area contributed by atoms with Crippen molar-refractivity contribution < 1.29 is 28.2 Å². The van der Waals surface area contributed by atoms with Gasteiger partial charge in [-0.1, -0.05) is 31.5 Å². The van der Waals surface area contributed by atoms with Crippen LogP contribution in [-0.2, 0) is 23.9 Å². The fraction of sp³-hybridized carbons (Fsp3) is 0.393. The van der Waals surface area contributed by atoms with E-state index >= 15 is 0 Å². The van der Waals surface area contributed by atoms with Crippen molar-refractivity contribution in [3.05, 3.63) is 80.6 Å². The molecule has 1 aromatic heterocycles. The minimum atomic E-state index is -1.04. The molecule has 0 saturated carbocycles. The van der Waals surface area contributed by atoms with E-state index in [-0.39, 0.29) is 24.9 Å². The average Bonchev–Trinajstić information content (AvgIpc) is 3.39. The number of Topliss-reactive ketones (excluding diaryl/α,β-unsaturated/α-hetero) is 1. The minimum absolute atomic E-state index is 0.153. The molecule has 36 heavy (non-hydrogen) atoms. The number of benzene rings is 1. The standard InChI is InChI=1S/C28H30FNO5S/c1-4-8-19-25(28(33)35-6-3)22(16-10-12-17(29)13-11-16)24-20(30-19)15-18(21-9-7-14-36-21)23(26(24)31)27(32)34-5-2/h7,9-14,18,22-23,30H,4-6,8,15H2,1-3H3/t18-,22-,23+/m1/s1. The van der Waals surface area contributed by atoms with Crippen molar-refractivity contribution in [1.82, 2.24) is 5.32 Å². The highest BCUT2D eigenvalue weighted by atomic mass is 32.1. The van der Waals surface area contributed by atoms with Gasteiger partial charge in [0.15, 0.2) is 5.78 Å². The number of allylic oxidation sites excluding steroid dienone is 3. The summed E-state index contributed by atoms with van der Waals surface area (Å²) in [4.78, 5) is 41.5. The van der Waals surface area contributed by atoms with Gasteiger partial charge in [0, 0.05) is 33.7 Å². The number of carbonyl (C=O) groups excluding carboxylic acids is 3. The van der Waals surface area contributed by atoms with E-state index in [1.807, 2.05) is 24.4 Å². The highest BCUT2D eigenvalue weighted by molar-refractivity contribution is 7.10. The van der Waals surface area contributed by atoms with Crippen LogP contribution in [0.25, 0.3) is 0 Å². The highest BCUT2D eigenvalue weighted by Crippen LogP contribution is 2.49. The Balaban J connectivity index is 1.91. The molecule has 0 amide bonds. The zero-order valence-electron chi connectivity index (χ0n) is 20.6. The molecule has 2 aliphatic rings. The van der Waals surface area contributed by atoms with Crippen LogP contribution in [0.15, 0.2) is 64.3 Å². The van der Waals surface area contributed by atoms with Gasteiger partial charge >= 0.3 is 11.9 Å². The summed E-state index contributed by atoms with van der Waals surface area (Å²) in [5.41, 5.74) is 2.64. The lowest BCUT2D eigenvalue weighted by Crippen LogP contribution is -2.43. The first kappa shape index (κ1) is 25.8. The Morgan fingerprint density at radius 3 is 2.42 bits per heavy atom. The molecule has 2 heterocycles. The van der Waals surface area contributed by atoms with Crippen molar-refractivity contribution in [2.24, 2.45) is 5.92 Å². The van der Waals surface area contributed by atoms with Gasteiger partial charge in [-0.25, -0.2) is 9.18 Å². The molecule has 0 unspecified atom stereocenters. The molecule has 4 rings (SSSR count). The lowest BCUT2D eigenvalue weighted by molar-refractivity contribution is -0.152. The molecule has 0 radical (unpaired) electrons. The van der Waals surface area contributed by atoms with Crippen LogP contribution in [0.4, 0.5) is 4.39 Å². The number of halogens is 1. The largest absolute Gasteiger partial charge is 0.465 e. The summed E-state index contributed by atoms with van der Waals surface area (Å²) < 4.78 is 24.6. The first-order valence-electron chi connectivity index (χ1n) is 12.3. The number of thiophene rings is 1. The van der Waals surface area contributed by atoms with Gasteiger partial charge in [-0.2, -0.15) is 0 Å². The predicted molar refractivity (Wildman–Crippen MR) is 135 cm³/mol. The van der Waals surface area contributed by atoms with Crippen LogP contribution in [0.2, 0.25) is 0 Å². The minimum Gasteiger partial charge on any atom is -0.465 e. The second-order valence-corrected chi connectivity index (χ2v) is 9.76. The van der Waals surface area contributed by atoms with Gasteiger partial charge < -0.3 is 14.8 Å². The summed E-state index contributed by atoms with van der Waals surface area (Å²) in [6.45, 7) is 5.76. The van der Waals surface area contributed by atoms with E-state index in [4.69, 9.17) is 9.47 Å². The number of carbonyl (C=O) groups is 3. The van der Waals surface area contributed by atoms with Gasteiger partial charge in [-0.3, -0.25) is 9.59 Å². The summed E-state index contributed by atoms with van der Waals surface area (Å²) in [5, 5.41) is 5.31. The van der Waals surface area contributed by atoms with Crippen molar-refractivity contribution in [2.75, 3.05) is 13.2 Å². The second kappa shape index (κ2) is 11.2. The van der Waals surface area contributed by atoms with Crippen molar-refractivity contribution in [1.29, 1.82) is 0 Å². The number of ether oxygens (including phenoxy) is 2. The number of dihydropyridines is 1. The molecule has 190 valence electrons. The Morgan fingerprint density at radius 1 is 1.08 bits per heavy atom. The van der Waals surface area contributed by atoms with Gasteiger partial charge in [0.1, 0.15) is 11.7 Å². The lowest BCUT2D eigenvalue weighted by atomic mass is 9.68. The maximum Gasteiger partial charge on any atom is 0.336 e. The van der Waals surface area contributed by atoms with Crippen molar-refractivity contribution >= 4 is 29.1 Å². The smallest absolute Gasteiger partial charge is 0.336 e. The van der Waals surface area contributed by atoms with E-state index in [9.17, 15) is 18.8 Å². The van der Waals surface area contributed by atoms with E-state index < -0.39 is 29.6 Å². The lowest BCUT2D eigenvalue weighted by Gasteiger charge is -2.39. The SMILES string of the molecule is CCCC1=C(C(=O)OCC)[C@H](c2ccc(F)cc2)C2=C(C[C@H](c3cccs3)[C@H](C(=O)OCC)C2=O)N1. The van der Waals surface area contributed by atoms with Crippen LogP contribution in [0.3, 0.4) is 0 Å². The monoisotopic (exact) mass is 511 g/mol. The molecule has 1 aliphatic heterocycles. The topological polar surface area (TPSA) is 81.7 Å². The van der Waals surface area contributed by atoms with Crippen molar-refractivity contribution in [3.8, 4) is 0 Å².